The van der Waals surface area contributed by atoms with E-state index in [0.717, 1.165) is 58.5 Å². The van der Waals surface area contributed by atoms with E-state index in [1.807, 2.05) is 0 Å². The van der Waals surface area contributed by atoms with Crippen LogP contribution in [-0.2, 0) is 14.3 Å². The molecule has 1 spiro atoms. The Bertz CT molecular complexity index is 296. The first kappa shape index (κ1) is 14.8. The van der Waals surface area contributed by atoms with Crippen LogP contribution in [0.25, 0.3) is 0 Å². The summed E-state index contributed by atoms with van der Waals surface area (Å²) in [6.45, 7) is 5.36. The van der Waals surface area contributed by atoms with Crippen molar-refractivity contribution in [1.82, 2.24) is 4.90 Å². The summed E-state index contributed by atoms with van der Waals surface area (Å²) >= 11 is 0. The number of nitrogens with zero attached hydrogens (tertiary/aromatic N) is 1. The maximum atomic E-state index is 11.0. The van der Waals surface area contributed by atoms with Gasteiger partial charge in [-0.25, -0.2) is 0 Å². The fourth-order valence-corrected chi connectivity index (χ4v) is 3.26. The summed E-state index contributed by atoms with van der Waals surface area (Å²) in [6.07, 6.45) is 4.76. The lowest BCUT2D eigenvalue weighted by Gasteiger charge is -2.46. The molecule has 1 unspecified atom stereocenters. The minimum atomic E-state index is -0.735. The molecule has 2 rings (SSSR count). The van der Waals surface area contributed by atoms with Crippen molar-refractivity contribution in [2.24, 2.45) is 0 Å². The van der Waals surface area contributed by atoms with Crippen molar-refractivity contribution in [3.05, 3.63) is 0 Å². The zero-order valence-electron chi connectivity index (χ0n) is 11.8. The first-order valence-corrected chi connectivity index (χ1v) is 7.33. The minimum Gasteiger partial charge on any atom is -0.480 e. The first-order valence-electron chi connectivity index (χ1n) is 7.33. The zero-order chi connectivity index (χ0) is 13.7. The maximum absolute atomic E-state index is 11.0. The van der Waals surface area contributed by atoms with Crippen molar-refractivity contribution in [1.29, 1.82) is 0 Å². The second kappa shape index (κ2) is 6.68. The number of aliphatic carboxylic acids is 1. The van der Waals surface area contributed by atoms with Gasteiger partial charge < -0.3 is 14.6 Å². The van der Waals surface area contributed by atoms with E-state index >= 15 is 0 Å². The van der Waals surface area contributed by atoms with Crippen LogP contribution in [-0.4, -0.2) is 60.5 Å². The predicted octanol–water partition coefficient (Wildman–Crippen LogP) is 1.51. The molecule has 0 bridgehead atoms. The minimum absolute atomic E-state index is 0.0638. The van der Waals surface area contributed by atoms with E-state index in [2.05, 4.69) is 11.8 Å². The highest BCUT2D eigenvalue weighted by Crippen LogP contribution is 2.36. The Hall–Kier alpha value is -0.650. The molecule has 0 radical (unpaired) electrons. The molecule has 0 aromatic rings. The molecule has 0 aromatic heterocycles. The van der Waals surface area contributed by atoms with Crippen molar-refractivity contribution >= 4 is 5.97 Å². The molecule has 5 heteroatoms. The van der Waals surface area contributed by atoms with Gasteiger partial charge in [-0.15, -0.1) is 0 Å². The van der Waals surface area contributed by atoms with Gasteiger partial charge in [0.25, 0.3) is 0 Å². The van der Waals surface area contributed by atoms with Crippen LogP contribution in [0.3, 0.4) is 0 Å². The van der Waals surface area contributed by atoms with Crippen LogP contribution in [0.15, 0.2) is 0 Å². The SMILES string of the molecule is CCCN(CC(=O)O)C1CCOC2(CCOCC2)C1. The van der Waals surface area contributed by atoms with Crippen LogP contribution in [0.5, 0.6) is 0 Å². The number of carboxylic acid groups (broad SMARTS) is 1. The summed E-state index contributed by atoms with van der Waals surface area (Å²) in [5.74, 6) is -0.735. The zero-order valence-corrected chi connectivity index (χ0v) is 11.8. The van der Waals surface area contributed by atoms with E-state index in [1.54, 1.807) is 0 Å². The summed E-state index contributed by atoms with van der Waals surface area (Å²) in [6, 6.07) is 0.336. The van der Waals surface area contributed by atoms with Gasteiger partial charge in [0.15, 0.2) is 0 Å². The van der Waals surface area contributed by atoms with Crippen LogP contribution in [0.4, 0.5) is 0 Å². The molecule has 2 heterocycles. The Morgan fingerprint density at radius 2 is 2.11 bits per heavy atom. The first-order chi connectivity index (χ1) is 9.15. The molecule has 0 saturated carbocycles. The second-order valence-electron chi connectivity index (χ2n) is 5.65. The summed E-state index contributed by atoms with van der Waals surface area (Å²) in [5.41, 5.74) is -0.0638. The van der Waals surface area contributed by atoms with Crippen LogP contribution < -0.4 is 0 Å². The Morgan fingerprint density at radius 3 is 2.74 bits per heavy atom. The second-order valence-corrected chi connectivity index (χ2v) is 5.65. The molecule has 2 aliphatic heterocycles. The molecule has 2 fully saturated rings. The topological polar surface area (TPSA) is 59.0 Å². The van der Waals surface area contributed by atoms with Crippen molar-refractivity contribution in [2.45, 2.75) is 50.7 Å². The third kappa shape index (κ3) is 3.91. The maximum Gasteiger partial charge on any atom is 0.317 e. The Morgan fingerprint density at radius 1 is 1.37 bits per heavy atom. The lowest BCUT2D eigenvalue weighted by Crippen LogP contribution is -2.52. The molecule has 1 atom stereocenters. The van der Waals surface area contributed by atoms with Crippen LogP contribution in [0.1, 0.15) is 39.0 Å². The van der Waals surface area contributed by atoms with E-state index in [4.69, 9.17) is 14.6 Å². The number of carboxylic acids is 1. The number of ether oxygens (including phenoxy) is 2. The molecule has 0 aliphatic carbocycles. The van der Waals surface area contributed by atoms with Gasteiger partial charge in [-0.1, -0.05) is 6.92 Å². The molecule has 0 aromatic carbocycles. The fourth-order valence-electron chi connectivity index (χ4n) is 3.26. The molecule has 5 nitrogen and oxygen atoms in total. The van der Waals surface area contributed by atoms with Gasteiger partial charge in [0, 0.05) is 25.9 Å². The van der Waals surface area contributed by atoms with Crippen LogP contribution in [0, 0.1) is 0 Å². The highest BCUT2D eigenvalue weighted by atomic mass is 16.5. The van der Waals surface area contributed by atoms with Crippen LogP contribution in [0.2, 0.25) is 0 Å². The molecule has 2 aliphatic rings. The predicted molar refractivity (Wildman–Crippen MR) is 71.3 cm³/mol. The van der Waals surface area contributed by atoms with Gasteiger partial charge in [-0.3, -0.25) is 9.69 Å². The molecular weight excluding hydrogens is 246 g/mol. The van der Waals surface area contributed by atoms with Crippen molar-refractivity contribution in [3.8, 4) is 0 Å². The van der Waals surface area contributed by atoms with Crippen LogP contribution >= 0.6 is 0 Å². The summed E-state index contributed by atoms with van der Waals surface area (Å²) in [5, 5.41) is 9.05. The average Bonchev–Trinajstić information content (AvgIpc) is 2.39. The fraction of sp³-hybridized carbons (Fsp3) is 0.929. The normalized spacial score (nSPS) is 26.7. The lowest BCUT2D eigenvalue weighted by molar-refractivity contribution is -0.156. The van der Waals surface area contributed by atoms with Crippen molar-refractivity contribution in [2.75, 3.05) is 32.9 Å². The summed E-state index contributed by atoms with van der Waals surface area (Å²) in [7, 11) is 0. The third-order valence-corrected chi connectivity index (χ3v) is 4.24. The third-order valence-electron chi connectivity index (χ3n) is 4.24. The molecule has 110 valence electrons. The van der Waals surface area contributed by atoms with Gasteiger partial charge in [0.05, 0.1) is 12.1 Å². The van der Waals surface area contributed by atoms with E-state index in [-0.39, 0.29) is 12.1 Å². The molecule has 1 N–H and O–H groups in total. The Labute approximate surface area is 114 Å². The number of carbonyl (C=O) groups is 1. The summed E-state index contributed by atoms with van der Waals surface area (Å²) < 4.78 is 11.4. The highest BCUT2D eigenvalue weighted by molar-refractivity contribution is 5.69. The Kier molecular flexibility index (Phi) is 5.19. The number of rotatable bonds is 5. The van der Waals surface area contributed by atoms with Gasteiger partial charge in [-0.05, 0) is 38.6 Å². The molecular formula is C14H25NO4. The van der Waals surface area contributed by atoms with Crippen molar-refractivity contribution < 1.29 is 19.4 Å². The monoisotopic (exact) mass is 271 g/mol. The largest absolute Gasteiger partial charge is 0.480 e. The van der Waals surface area contributed by atoms with Gasteiger partial charge >= 0.3 is 5.97 Å². The molecule has 2 saturated heterocycles. The van der Waals surface area contributed by atoms with E-state index in [0.29, 0.717) is 6.04 Å². The lowest BCUT2D eigenvalue weighted by atomic mass is 9.83. The smallest absolute Gasteiger partial charge is 0.317 e. The van der Waals surface area contributed by atoms with E-state index in [9.17, 15) is 4.79 Å². The van der Waals surface area contributed by atoms with E-state index in [1.165, 1.54) is 0 Å². The number of hydrogen-bond acceptors (Lipinski definition) is 4. The quantitative estimate of drug-likeness (QED) is 0.821. The highest BCUT2D eigenvalue weighted by Gasteiger charge is 2.40. The standard InChI is InChI=1S/C14H25NO4/c1-2-6-15(11-13(16)17)12-3-7-19-14(10-12)4-8-18-9-5-14/h12H,2-11H2,1H3,(H,16,17). The molecule has 0 amide bonds. The van der Waals surface area contributed by atoms with Gasteiger partial charge in [-0.2, -0.15) is 0 Å². The van der Waals surface area contributed by atoms with Gasteiger partial charge in [0.1, 0.15) is 0 Å². The van der Waals surface area contributed by atoms with E-state index < -0.39 is 5.97 Å². The summed E-state index contributed by atoms with van der Waals surface area (Å²) in [4.78, 5) is 13.1. The van der Waals surface area contributed by atoms with Crippen molar-refractivity contribution in [3.63, 3.8) is 0 Å². The Balaban J connectivity index is 1.99. The number of hydrogen-bond donors (Lipinski definition) is 1. The molecule has 19 heavy (non-hydrogen) atoms. The van der Waals surface area contributed by atoms with Gasteiger partial charge in [0.2, 0.25) is 0 Å². The average molecular weight is 271 g/mol.